The number of ether oxygens (including phenoxy) is 3. The smallest absolute Gasteiger partial charge is 0.336 e. The molecule has 7 nitrogen and oxygen atoms in total. The van der Waals surface area contributed by atoms with Crippen LogP contribution < -0.4 is 10.1 Å². The molecule has 2 aliphatic rings. The summed E-state index contributed by atoms with van der Waals surface area (Å²) >= 11 is 0. The summed E-state index contributed by atoms with van der Waals surface area (Å²) in [4.78, 5) is 39.7. The Morgan fingerprint density at radius 1 is 1.06 bits per heavy atom. The maximum absolute atomic E-state index is 13.8. The number of esters is 2. The molecular formula is C29H31NO6. The molecule has 0 bridgehead atoms. The molecule has 1 aliphatic heterocycles. The van der Waals surface area contributed by atoms with Gasteiger partial charge in [0.05, 0.1) is 19.3 Å². The Kier molecular flexibility index (Phi) is 7.58. The minimum Gasteiger partial charge on any atom is -0.468 e. The number of dihydropyridines is 1. The van der Waals surface area contributed by atoms with Crippen molar-refractivity contribution in [2.45, 2.75) is 39.5 Å². The van der Waals surface area contributed by atoms with Crippen molar-refractivity contribution in [3.05, 3.63) is 82.7 Å². The number of carbonyl (C=O) groups excluding carboxylic acids is 3. The van der Waals surface area contributed by atoms with E-state index < -0.39 is 23.8 Å². The first-order chi connectivity index (χ1) is 17.3. The second-order valence-electron chi connectivity index (χ2n) is 9.16. The van der Waals surface area contributed by atoms with E-state index in [9.17, 15) is 14.4 Å². The lowest BCUT2D eigenvalue weighted by Crippen LogP contribution is -2.43. The van der Waals surface area contributed by atoms with Gasteiger partial charge in [-0.2, -0.15) is 0 Å². The lowest BCUT2D eigenvalue weighted by molar-refractivity contribution is -0.151. The number of hydrogen-bond donors (Lipinski definition) is 1. The van der Waals surface area contributed by atoms with Crippen molar-refractivity contribution in [2.24, 2.45) is 11.8 Å². The number of hydrogen-bond acceptors (Lipinski definition) is 7. The zero-order valence-corrected chi connectivity index (χ0v) is 21.0. The number of carbonyl (C=O) groups is 3. The van der Waals surface area contributed by atoms with E-state index in [4.69, 9.17) is 14.2 Å². The van der Waals surface area contributed by atoms with Gasteiger partial charge in [0.15, 0.2) is 5.78 Å². The summed E-state index contributed by atoms with van der Waals surface area (Å²) in [6.07, 6.45) is 1.15. The van der Waals surface area contributed by atoms with Crippen LogP contribution in [-0.4, -0.2) is 31.4 Å². The summed E-state index contributed by atoms with van der Waals surface area (Å²) < 4.78 is 16.5. The van der Waals surface area contributed by atoms with Crippen LogP contribution in [0.4, 0.5) is 0 Å². The highest BCUT2D eigenvalue weighted by Gasteiger charge is 2.47. The first kappa shape index (κ1) is 25.2. The third kappa shape index (κ3) is 4.91. The molecule has 0 fully saturated rings. The Bertz CT molecular complexity index is 1230. The molecule has 0 unspecified atom stereocenters. The molecule has 1 aliphatic carbocycles. The van der Waals surface area contributed by atoms with E-state index in [0.29, 0.717) is 46.7 Å². The number of allylic oxidation sites excluding steroid dienone is 3. The molecule has 0 amide bonds. The first-order valence-corrected chi connectivity index (χ1v) is 12.2. The average Bonchev–Trinajstić information content (AvgIpc) is 2.87. The Labute approximate surface area is 211 Å². The maximum Gasteiger partial charge on any atom is 0.336 e. The van der Waals surface area contributed by atoms with Gasteiger partial charge in [-0.05, 0) is 55.5 Å². The molecule has 0 radical (unpaired) electrons. The summed E-state index contributed by atoms with van der Waals surface area (Å²) in [7, 11) is 1.28. The van der Waals surface area contributed by atoms with Crippen LogP contribution in [0.5, 0.6) is 11.5 Å². The molecule has 36 heavy (non-hydrogen) atoms. The van der Waals surface area contributed by atoms with Crippen molar-refractivity contribution in [3.63, 3.8) is 0 Å². The fourth-order valence-electron chi connectivity index (χ4n) is 4.94. The maximum atomic E-state index is 13.8. The minimum atomic E-state index is -0.937. The highest BCUT2D eigenvalue weighted by atomic mass is 16.5. The van der Waals surface area contributed by atoms with Crippen LogP contribution in [0.3, 0.4) is 0 Å². The molecule has 1 N–H and O–H groups in total. The Morgan fingerprint density at radius 3 is 2.47 bits per heavy atom. The number of rotatable bonds is 7. The lowest BCUT2D eigenvalue weighted by Gasteiger charge is -2.38. The summed E-state index contributed by atoms with van der Waals surface area (Å²) in [6.45, 7) is 5.86. The third-order valence-electron chi connectivity index (χ3n) is 6.57. The minimum absolute atomic E-state index is 0.244. The second-order valence-corrected chi connectivity index (χ2v) is 9.16. The van der Waals surface area contributed by atoms with Crippen LogP contribution in [0, 0.1) is 11.8 Å². The molecule has 188 valence electrons. The topological polar surface area (TPSA) is 90.9 Å². The molecule has 0 spiro atoms. The van der Waals surface area contributed by atoms with E-state index in [1.165, 1.54) is 7.11 Å². The lowest BCUT2D eigenvalue weighted by atomic mass is 9.69. The Hall–Kier alpha value is -3.87. The van der Waals surface area contributed by atoms with Crippen molar-refractivity contribution in [1.29, 1.82) is 0 Å². The number of ketones is 1. The van der Waals surface area contributed by atoms with Crippen molar-refractivity contribution in [3.8, 4) is 11.5 Å². The van der Waals surface area contributed by atoms with Gasteiger partial charge in [-0.25, -0.2) is 4.79 Å². The summed E-state index contributed by atoms with van der Waals surface area (Å²) in [5.41, 5.74) is 2.80. The molecule has 2 aromatic rings. The monoisotopic (exact) mass is 489 g/mol. The number of methoxy groups -OCH3 is 1. The van der Waals surface area contributed by atoms with Crippen LogP contribution in [0.15, 0.2) is 77.1 Å². The van der Waals surface area contributed by atoms with Gasteiger partial charge < -0.3 is 19.5 Å². The van der Waals surface area contributed by atoms with Crippen LogP contribution in [0.1, 0.15) is 45.1 Å². The predicted molar refractivity (Wildman–Crippen MR) is 134 cm³/mol. The van der Waals surface area contributed by atoms with E-state index in [2.05, 4.69) is 5.32 Å². The van der Waals surface area contributed by atoms with Crippen LogP contribution in [0.2, 0.25) is 0 Å². The average molecular weight is 490 g/mol. The van der Waals surface area contributed by atoms with Crippen molar-refractivity contribution in [2.75, 3.05) is 13.7 Å². The zero-order valence-electron chi connectivity index (χ0n) is 21.0. The van der Waals surface area contributed by atoms with Gasteiger partial charge in [0.2, 0.25) is 0 Å². The Balaban J connectivity index is 1.82. The number of Topliss-reactive ketones (excluding diaryl/α,β-unsaturated/α-hetero) is 1. The van der Waals surface area contributed by atoms with Crippen LogP contribution in [-0.2, 0) is 23.9 Å². The molecule has 2 aromatic carbocycles. The van der Waals surface area contributed by atoms with Gasteiger partial charge in [-0.15, -0.1) is 0 Å². The van der Waals surface area contributed by atoms with Gasteiger partial charge >= 0.3 is 11.9 Å². The van der Waals surface area contributed by atoms with Crippen LogP contribution in [0.25, 0.3) is 0 Å². The van der Waals surface area contributed by atoms with Crippen molar-refractivity contribution < 1.29 is 28.6 Å². The van der Waals surface area contributed by atoms with E-state index >= 15 is 0 Å². The van der Waals surface area contributed by atoms with Gasteiger partial charge in [-0.3, -0.25) is 9.59 Å². The fraction of sp³-hybridized carbons (Fsp3) is 0.345. The Morgan fingerprint density at radius 2 is 1.78 bits per heavy atom. The van der Waals surface area contributed by atoms with Gasteiger partial charge in [0.1, 0.15) is 17.4 Å². The molecule has 0 saturated carbocycles. The van der Waals surface area contributed by atoms with Crippen LogP contribution >= 0.6 is 0 Å². The number of benzene rings is 2. The molecule has 0 aromatic heterocycles. The highest BCUT2D eigenvalue weighted by molar-refractivity contribution is 6.12. The normalized spacial score (nSPS) is 21.4. The van der Waals surface area contributed by atoms with Gasteiger partial charge in [-0.1, -0.05) is 44.2 Å². The first-order valence-electron chi connectivity index (χ1n) is 12.2. The molecular weight excluding hydrogens is 458 g/mol. The van der Waals surface area contributed by atoms with Crippen molar-refractivity contribution >= 4 is 17.7 Å². The summed E-state index contributed by atoms with van der Waals surface area (Å²) in [5, 5.41) is 3.27. The summed E-state index contributed by atoms with van der Waals surface area (Å²) in [6, 6.07) is 16.7. The predicted octanol–water partition coefficient (Wildman–Crippen LogP) is 5.05. The van der Waals surface area contributed by atoms with Gasteiger partial charge in [0.25, 0.3) is 0 Å². The standard InChI is InChI=1S/C29H31NO6/c1-5-14-35-29(33)24-18(3)30-22-15-17(2)23(28(32)34-4)27(31)26(22)25(24)19-10-9-13-21(16-19)36-20-11-7-6-8-12-20/h6-13,16-17,23,25,30H,5,14-15H2,1-4H3/t17-,23-,25+/m0/s1. The molecule has 7 heteroatoms. The summed E-state index contributed by atoms with van der Waals surface area (Å²) in [5.74, 6) is -2.05. The fourth-order valence-corrected chi connectivity index (χ4v) is 4.94. The second kappa shape index (κ2) is 10.8. The number of para-hydroxylation sites is 1. The van der Waals surface area contributed by atoms with Gasteiger partial charge in [0, 0.05) is 22.9 Å². The van der Waals surface area contributed by atoms with E-state index in [-0.39, 0.29) is 18.3 Å². The third-order valence-corrected chi connectivity index (χ3v) is 6.57. The molecule has 0 saturated heterocycles. The molecule has 3 atom stereocenters. The zero-order chi connectivity index (χ0) is 25.8. The van der Waals surface area contributed by atoms with E-state index in [1.54, 1.807) is 0 Å². The van der Waals surface area contributed by atoms with E-state index in [1.807, 2.05) is 75.4 Å². The SMILES string of the molecule is CCCOC(=O)C1=C(C)NC2=C(C(=O)[C@@H](C(=O)OC)[C@@H](C)C2)[C@@H]1c1cccc(Oc2ccccc2)c1. The number of nitrogens with one attached hydrogen (secondary N) is 1. The molecule has 4 rings (SSSR count). The molecule has 1 heterocycles. The quantitative estimate of drug-likeness (QED) is 0.430. The van der Waals surface area contributed by atoms with Crippen molar-refractivity contribution in [1.82, 2.24) is 5.32 Å². The van der Waals surface area contributed by atoms with E-state index in [0.717, 1.165) is 5.70 Å². The largest absolute Gasteiger partial charge is 0.468 e. The highest BCUT2D eigenvalue weighted by Crippen LogP contribution is 2.46.